The summed E-state index contributed by atoms with van der Waals surface area (Å²) in [5.41, 5.74) is 0.605. The van der Waals surface area contributed by atoms with E-state index in [2.05, 4.69) is 27.8 Å². The van der Waals surface area contributed by atoms with Crippen molar-refractivity contribution in [2.45, 2.75) is 6.42 Å². The Labute approximate surface area is 96.1 Å². The van der Waals surface area contributed by atoms with Crippen LogP contribution in [0.1, 0.15) is 6.42 Å². The molecule has 1 aromatic carbocycles. The molecule has 0 aliphatic carbocycles. The topological polar surface area (TPSA) is 29.1 Å². The molecule has 0 fully saturated rings. The van der Waals surface area contributed by atoms with Crippen molar-refractivity contribution in [1.29, 1.82) is 0 Å². The van der Waals surface area contributed by atoms with E-state index in [1.807, 2.05) is 6.07 Å². The number of hydrogen-bond donors (Lipinski definition) is 1. The Bertz CT molecular complexity index is 365. The zero-order valence-corrected chi connectivity index (χ0v) is 9.73. The minimum atomic E-state index is -0.125. The van der Waals surface area contributed by atoms with Crippen molar-refractivity contribution in [2.75, 3.05) is 5.32 Å². The molecule has 1 N–H and O–H groups in total. The van der Waals surface area contributed by atoms with Gasteiger partial charge < -0.3 is 5.32 Å². The van der Waals surface area contributed by atoms with Crippen molar-refractivity contribution in [2.24, 2.45) is 0 Å². The van der Waals surface area contributed by atoms with Gasteiger partial charge >= 0.3 is 0 Å². The van der Waals surface area contributed by atoms with Gasteiger partial charge in [-0.2, -0.15) is 0 Å². The lowest BCUT2D eigenvalue weighted by Gasteiger charge is -2.05. The van der Waals surface area contributed by atoms with Gasteiger partial charge in [-0.05, 0) is 18.2 Å². The third kappa shape index (κ3) is 3.16. The van der Waals surface area contributed by atoms with Gasteiger partial charge in [0.25, 0.3) is 0 Å². The summed E-state index contributed by atoms with van der Waals surface area (Å²) < 4.78 is 0.871. The molecule has 0 saturated carbocycles. The van der Waals surface area contributed by atoms with Gasteiger partial charge in [-0.25, -0.2) is 0 Å². The Kier molecular flexibility index (Phi) is 4.17. The highest BCUT2D eigenvalue weighted by Gasteiger charge is 2.04. The second kappa shape index (κ2) is 5.17. The number of hydrogen-bond acceptors (Lipinski definition) is 1. The minimum Gasteiger partial charge on any atom is -0.324 e. The summed E-state index contributed by atoms with van der Waals surface area (Å²) in [5, 5.41) is 3.20. The van der Waals surface area contributed by atoms with Gasteiger partial charge in [0.2, 0.25) is 5.91 Å². The zero-order chi connectivity index (χ0) is 10.6. The lowest BCUT2D eigenvalue weighted by molar-refractivity contribution is -0.115. The van der Waals surface area contributed by atoms with Gasteiger partial charge in [0.1, 0.15) is 0 Å². The van der Waals surface area contributed by atoms with E-state index in [1.54, 1.807) is 18.2 Å². The SMILES string of the molecule is C=CCC(=O)Nc1cc(Br)ccc1Cl. The molecule has 0 unspecified atom stereocenters. The molecular weight excluding hydrogens is 265 g/mol. The van der Waals surface area contributed by atoms with Gasteiger partial charge in [-0.3, -0.25) is 4.79 Å². The first-order chi connectivity index (χ1) is 6.63. The maximum atomic E-state index is 11.2. The fourth-order valence-corrected chi connectivity index (χ4v) is 1.45. The highest BCUT2D eigenvalue weighted by Crippen LogP contribution is 2.25. The van der Waals surface area contributed by atoms with E-state index in [-0.39, 0.29) is 12.3 Å². The molecule has 1 rings (SSSR count). The van der Waals surface area contributed by atoms with Crippen LogP contribution in [0.4, 0.5) is 5.69 Å². The molecule has 0 atom stereocenters. The quantitative estimate of drug-likeness (QED) is 0.838. The largest absolute Gasteiger partial charge is 0.324 e. The van der Waals surface area contributed by atoms with Crippen LogP contribution in [0.15, 0.2) is 35.3 Å². The highest BCUT2D eigenvalue weighted by molar-refractivity contribution is 9.10. The molecule has 0 aliphatic rings. The van der Waals surface area contributed by atoms with Crippen LogP contribution >= 0.6 is 27.5 Å². The Morgan fingerprint density at radius 1 is 1.64 bits per heavy atom. The molecule has 0 bridgehead atoms. The summed E-state index contributed by atoms with van der Waals surface area (Å²) in [6.45, 7) is 3.48. The zero-order valence-electron chi connectivity index (χ0n) is 7.39. The molecule has 0 saturated heterocycles. The Morgan fingerprint density at radius 2 is 2.36 bits per heavy atom. The molecule has 0 aliphatic heterocycles. The molecule has 1 amide bonds. The number of carbonyl (C=O) groups is 1. The number of benzene rings is 1. The van der Waals surface area contributed by atoms with Crippen LogP contribution in [0.25, 0.3) is 0 Å². The monoisotopic (exact) mass is 273 g/mol. The van der Waals surface area contributed by atoms with E-state index in [4.69, 9.17) is 11.6 Å². The Morgan fingerprint density at radius 3 is 3.00 bits per heavy atom. The van der Waals surface area contributed by atoms with Crippen molar-refractivity contribution in [1.82, 2.24) is 0 Å². The van der Waals surface area contributed by atoms with E-state index < -0.39 is 0 Å². The van der Waals surface area contributed by atoms with Crippen LogP contribution < -0.4 is 5.32 Å². The van der Waals surface area contributed by atoms with E-state index >= 15 is 0 Å². The molecule has 0 spiro atoms. The van der Waals surface area contributed by atoms with Crippen LogP contribution in [0.2, 0.25) is 5.02 Å². The third-order valence-electron chi connectivity index (χ3n) is 1.53. The average molecular weight is 275 g/mol. The summed E-state index contributed by atoms with van der Waals surface area (Å²) in [5.74, 6) is -0.125. The van der Waals surface area contributed by atoms with Crippen LogP contribution in [-0.4, -0.2) is 5.91 Å². The predicted octanol–water partition coefficient (Wildman–Crippen LogP) is 3.62. The van der Waals surface area contributed by atoms with E-state index in [0.29, 0.717) is 10.7 Å². The Hall–Kier alpha value is -0.800. The maximum absolute atomic E-state index is 11.2. The Balaban J connectivity index is 2.80. The molecule has 2 nitrogen and oxygen atoms in total. The summed E-state index contributed by atoms with van der Waals surface area (Å²) in [4.78, 5) is 11.2. The fraction of sp³-hybridized carbons (Fsp3) is 0.100. The van der Waals surface area contributed by atoms with Crippen LogP contribution in [0.5, 0.6) is 0 Å². The number of anilines is 1. The lowest BCUT2D eigenvalue weighted by atomic mass is 10.3. The minimum absolute atomic E-state index is 0.125. The smallest absolute Gasteiger partial charge is 0.228 e. The van der Waals surface area contributed by atoms with Crippen molar-refractivity contribution in [3.63, 3.8) is 0 Å². The molecule has 4 heteroatoms. The van der Waals surface area contributed by atoms with Crippen LogP contribution in [0.3, 0.4) is 0 Å². The summed E-state index contributed by atoms with van der Waals surface area (Å²) in [6, 6.07) is 5.28. The lowest BCUT2D eigenvalue weighted by Crippen LogP contribution is -2.10. The number of rotatable bonds is 3. The van der Waals surface area contributed by atoms with Crippen molar-refractivity contribution in [3.8, 4) is 0 Å². The first-order valence-electron chi connectivity index (χ1n) is 3.99. The van der Waals surface area contributed by atoms with Gasteiger partial charge in [0, 0.05) is 10.9 Å². The first kappa shape index (κ1) is 11.3. The molecule has 14 heavy (non-hydrogen) atoms. The number of halogens is 2. The molecule has 0 aromatic heterocycles. The molecule has 1 aromatic rings. The normalized spacial score (nSPS) is 9.57. The molecule has 0 radical (unpaired) electrons. The van der Waals surface area contributed by atoms with E-state index in [9.17, 15) is 4.79 Å². The highest BCUT2D eigenvalue weighted by atomic mass is 79.9. The first-order valence-corrected chi connectivity index (χ1v) is 5.16. The van der Waals surface area contributed by atoms with Gasteiger partial charge in [0.05, 0.1) is 10.7 Å². The van der Waals surface area contributed by atoms with E-state index in [1.165, 1.54) is 0 Å². The van der Waals surface area contributed by atoms with Gasteiger partial charge in [-0.1, -0.05) is 33.6 Å². The molecule has 0 heterocycles. The summed E-state index contributed by atoms with van der Waals surface area (Å²) in [7, 11) is 0. The predicted molar refractivity (Wildman–Crippen MR) is 62.6 cm³/mol. The number of carbonyl (C=O) groups excluding carboxylic acids is 1. The van der Waals surface area contributed by atoms with Gasteiger partial charge in [0.15, 0.2) is 0 Å². The summed E-state index contributed by atoms with van der Waals surface area (Å²) in [6.07, 6.45) is 1.82. The molecular formula is C10H9BrClNO. The summed E-state index contributed by atoms with van der Waals surface area (Å²) >= 11 is 9.17. The van der Waals surface area contributed by atoms with Crippen molar-refractivity contribution in [3.05, 3.63) is 40.3 Å². The van der Waals surface area contributed by atoms with Crippen molar-refractivity contribution < 1.29 is 4.79 Å². The third-order valence-corrected chi connectivity index (χ3v) is 2.36. The van der Waals surface area contributed by atoms with Crippen LogP contribution in [-0.2, 0) is 4.79 Å². The molecule has 74 valence electrons. The fourth-order valence-electron chi connectivity index (χ4n) is 0.926. The van der Waals surface area contributed by atoms with E-state index in [0.717, 1.165) is 4.47 Å². The number of amides is 1. The second-order valence-electron chi connectivity index (χ2n) is 2.67. The standard InChI is InChI=1S/C10H9BrClNO/c1-2-3-10(14)13-9-6-7(11)4-5-8(9)12/h2,4-6H,1,3H2,(H,13,14). The average Bonchev–Trinajstić information content (AvgIpc) is 2.12. The van der Waals surface area contributed by atoms with Crippen LogP contribution in [0, 0.1) is 0 Å². The number of nitrogens with one attached hydrogen (secondary N) is 1. The van der Waals surface area contributed by atoms with Crippen molar-refractivity contribution >= 4 is 39.1 Å². The van der Waals surface area contributed by atoms with Gasteiger partial charge in [-0.15, -0.1) is 6.58 Å². The maximum Gasteiger partial charge on any atom is 0.228 e. The second-order valence-corrected chi connectivity index (χ2v) is 3.99.